The highest BCUT2D eigenvalue weighted by atomic mass is 16.6. The smallest absolute Gasteiger partial charge is 0.330 e. The monoisotopic (exact) mass is 338 g/mol. The van der Waals surface area contributed by atoms with Crippen LogP contribution in [-0.4, -0.2) is 37.7 Å². The molecule has 0 aliphatic carbocycles. The minimum absolute atomic E-state index is 0.0289. The summed E-state index contributed by atoms with van der Waals surface area (Å²) < 4.78 is 15.5. The summed E-state index contributed by atoms with van der Waals surface area (Å²) in [7, 11) is 0. The summed E-state index contributed by atoms with van der Waals surface area (Å²) in [6.45, 7) is 6.86. The first-order valence-corrected chi connectivity index (χ1v) is 7.81. The van der Waals surface area contributed by atoms with Crippen molar-refractivity contribution in [3.63, 3.8) is 0 Å². The fourth-order valence-corrected chi connectivity index (χ4v) is 1.66. The molecule has 0 unspecified atom stereocenters. The molecular weight excluding hydrogens is 312 g/mol. The molecule has 0 N–H and O–H groups in total. The molecule has 0 aliphatic rings. The Labute approximate surface area is 143 Å². The maximum absolute atomic E-state index is 11.5. The second-order valence-corrected chi connectivity index (χ2v) is 5.18. The van der Waals surface area contributed by atoms with Gasteiger partial charge in [-0.1, -0.05) is 25.2 Å². The van der Waals surface area contributed by atoms with Crippen molar-refractivity contribution in [1.29, 1.82) is 0 Å². The molecule has 0 aromatic carbocycles. The number of hydrogen-bond donors (Lipinski definition) is 0. The Morgan fingerprint density at radius 3 is 1.21 bits per heavy atom. The zero-order valence-electron chi connectivity index (χ0n) is 14.7. The van der Waals surface area contributed by atoms with Gasteiger partial charge in [-0.2, -0.15) is 0 Å². The topological polar surface area (TPSA) is 78.9 Å². The molecule has 24 heavy (non-hydrogen) atoms. The Morgan fingerprint density at radius 1 is 0.708 bits per heavy atom. The first kappa shape index (κ1) is 21.6. The summed E-state index contributed by atoms with van der Waals surface area (Å²) in [4.78, 5) is 34.6. The van der Waals surface area contributed by atoms with E-state index in [1.54, 1.807) is 39.0 Å². The molecule has 0 saturated heterocycles. The predicted molar refractivity (Wildman–Crippen MR) is 90.0 cm³/mol. The van der Waals surface area contributed by atoms with Crippen molar-refractivity contribution in [3.05, 3.63) is 36.5 Å². The molecule has 134 valence electrons. The SMILES string of the molecule is C/C=C\C(=O)OCC(CC)(COC(=O)/C=C\C)COC(=O)/C=C\C. The van der Waals surface area contributed by atoms with E-state index in [1.165, 1.54) is 18.2 Å². The molecule has 0 rings (SSSR count). The summed E-state index contributed by atoms with van der Waals surface area (Å²) in [6.07, 6.45) is 9.05. The number of rotatable bonds is 10. The van der Waals surface area contributed by atoms with Crippen LogP contribution >= 0.6 is 0 Å². The molecule has 0 aliphatic heterocycles. The van der Waals surface area contributed by atoms with Crippen molar-refractivity contribution in [3.8, 4) is 0 Å². The van der Waals surface area contributed by atoms with Gasteiger partial charge in [-0.05, 0) is 27.2 Å². The highest BCUT2D eigenvalue weighted by molar-refractivity contribution is 5.82. The Balaban J connectivity index is 5.00. The first-order valence-electron chi connectivity index (χ1n) is 7.81. The summed E-state index contributed by atoms with van der Waals surface area (Å²) >= 11 is 0. The van der Waals surface area contributed by atoms with Crippen LogP contribution in [-0.2, 0) is 28.6 Å². The lowest BCUT2D eigenvalue weighted by atomic mass is 9.88. The number of ether oxygens (including phenoxy) is 3. The van der Waals surface area contributed by atoms with Gasteiger partial charge in [-0.25, -0.2) is 14.4 Å². The van der Waals surface area contributed by atoms with E-state index >= 15 is 0 Å². The van der Waals surface area contributed by atoms with Crippen molar-refractivity contribution in [1.82, 2.24) is 0 Å². The van der Waals surface area contributed by atoms with Crippen molar-refractivity contribution >= 4 is 17.9 Å². The van der Waals surface area contributed by atoms with Crippen LogP contribution in [0.5, 0.6) is 0 Å². The molecule has 6 heteroatoms. The molecular formula is C18H26O6. The fraction of sp³-hybridized carbons (Fsp3) is 0.500. The van der Waals surface area contributed by atoms with E-state index < -0.39 is 23.3 Å². The van der Waals surface area contributed by atoms with Crippen LogP contribution < -0.4 is 0 Å². The average Bonchev–Trinajstić information content (AvgIpc) is 2.55. The Morgan fingerprint density at radius 2 is 1.00 bits per heavy atom. The third kappa shape index (κ3) is 8.92. The van der Waals surface area contributed by atoms with Crippen LogP contribution in [0.25, 0.3) is 0 Å². The molecule has 0 saturated carbocycles. The number of hydrogen-bond acceptors (Lipinski definition) is 6. The Hall–Kier alpha value is -2.37. The minimum Gasteiger partial charge on any atom is -0.462 e. The van der Waals surface area contributed by atoms with Gasteiger partial charge in [0.25, 0.3) is 0 Å². The Kier molecular flexibility index (Phi) is 10.9. The summed E-state index contributed by atoms with van der Waals surface area (Å²) in [5.74, 6) is -1.51. The van der Waals surface area contributed by atoms with Crippen molar-refractivity contribution in [2.75, 3.05) is 19.8 Å². The van der Waals surface area contributed by atoms with Crippen molar-refractivity contribution in [2.45, 2.75) is 34.1 Å². The van der Waals surface area contributed by atoms with Gasteiger partial charge < -0.3 is 14.2 Å². The number of esters is 3. The number of carbonyl (C=O) groups excluding carboxylic acids is 3. The lowest BCUT2D eigenvalue weighted by molar-refractivity contribution is -0.156. The summed E-state index contributed by atoms with van der Waals surface area (Å²) in [6, 6.07) is 0. The largest absolute Gasteiger partial charge is 0.462 e. The fourth-order valence-electron chi connectivity index (χ4n) is 1.66. The van der Waals surface area contributed by atoms with Crippen LogP contribution in [0, 0.1) is 5.41 Å². The van der Waals surface area contributed by atoms with E-state index in [0.717, 1.165) is 0 Å². The molecule has 0 radical (unpaired) electrons. The molecule has 0 amide bonds. The van der Waals surface area contributed by atoms with Gasteiger partial charge >= 0.3 is 17.9 Å². The van der Waals surface area contributed by atoms with Crippen molar-refractivity contribution < 1.29 is 28.6 Å². The molecule has 0 spiro atoms. The van der Waals surface area contributed by atoms with E-state index in [-0.39, 0.29) is 19.8 Å². The molecule has 0 bridgehead atoms. The van der Waals surface area contributed by atoms with Crippen LogP contribution in [0.3, 0.4) is 0 Å². The van der Waals surface area contributed by atoms with E-state index in [9.17, 15) is 14.4 Å². The van der Waals surface area contributed by atoms with Gasteiger partial charge in [0.2, 0.25) is 0 Å². The van der Waals surface area contributed by atoms with Gasteiger partial charge in [0.05, 0.1) is 5.41 Å². The normalized spacial score (nSPS) is 12.0. The van der Waals surface area contributed by atoms with Gasteiger partial charge in [-0.3, -0.25) is 0 Å². The summed E-state index contributed by atoms with van der Waals surface area (Å²) in [5, 5.41) is 0. The molecule has 0 heterocycles. The third-order valence-electron chi connectivity index (χ3n) is 3.22. The maximum Gasteiger partial charge on any atom is 0.330 e. The Bertz CT molecular complexity index is 432. The van der Waals surface area contributed by atoms with E-state index in [1.807, 2.05) is 6.92 Å². The van der Waals surface area contributed by atoms with Crippen LogP contribution in [0.4, 0.5) is 0 Å². The standard InChI is InChI=1S/C18H26O6/c1-5-9-15(19)22-12-18(8-4,13-23-16(20)10-6-2)14-24-17(21)11-7-3/h5-7,9-11H,8,12-14H2,1-4H3/b9-5-,10-6-,11-7-. The highest BCUT2D eigenvalue weighted by Crippen LogP contribution is 2.24. The lowest BCUT2D eigenvalue weighted by Crippen LogP contribution is -2.38. The van der Waals surface area contributed by atoms with E-state index in [2.05, 4.69) is 0 Å². The summed E-state index contributed by atoms with van der Waals surface area (Å²) in [5.41, 5.74) is -0.800. The van der Waals surface area contributed by atoms with Crippen LogP contribution in [0.1, 0.15) is 34.1 Å². The highest BCUT2D eigenvalue weighted by Gasteiger charge is 2.33. The van der Waals surface area contributed by atoms with E-state index in [4.69, 9.17) is 14.2 Å². The quantitative estimate of drug-likeness (QED) is 0.346. The molecule has 0 fully saturated rings. The molecule has 0 atom stereocenters. The van der Waals surface area contributed by atoms with Crippen molar-refractivity contribution in [2.24, 2.45) is 5.41 Å². The van der Waals surface area contributed by atoms with Gasteiger partial charge in [0.1, 0.15) is 19.8 Å². The molecule has 0 aromatic heterocycles. The van der Waals surface area contributed by atoms with Gasteiger partial charge in [0, 0.05) is 18.2 Å². The predicted octanol–water partition coefficient (Wildman–Crippen LogP) is 2.74. The first-order chi connectivity index (χ1) is 11.4. The third-order valence-corrected chi connectivity index (χ3v) is 3.22. The number of carbonyl (C=O) groups is 3. The average molecular weight is 338 g/mol. The molecule has 0 aromatic rings. The molecule has 6 nitrogen and oxygen atoms in total. The second-order valence-electron chi connectivity index (χ2n) is 5.18. The number of allylic oxidation sites excluding steroid dienone is 3. The van der Waals surface area contributed by atoms with Crippen LogP contribution in [0.15, 0.2) is 36.5 Å². The lowest BCUT2D eigenvalue weighted by Gasteiger charge is -2.30. The van der Waals surface area contributed by atoms with E-state index in [0.29, 0.717) is 6.42 Å². The second kappa shape index (κ2) is 12.1. The minimum atomic E-state index is -0.800. The zero-order chi connectivity index (χ0) is 18.4. The maximum atomic E-state index is 11.5. The van der Waals surface area contributed by atoms with Crippen LogP contribution in [0.2, 0.25) is 0 Å². The van der Waals surface area contributed by atoms with Gasteiger partial charge in [0.15, 0.2) is 0 Å². The van der Waals surface area contributed by atoms with Gasteiger partial charge in [-0.15, -0.1) is 0 Å². The zero-order valence-corrected chi connectivity index (χ0v) is 14.7.